The number of hydrogen-bond acceptors (Lipinski definition) is 3. The Morgan fingerprint density at radius 2 is 1.79 bits per heavy atom. The zero-order chi connectivity index (χ0) is 16.8. The molecule has 0 fully saturated rings. The van der Waals surface area contributed by atoms with Gasteiger partial charge in [0.25, 0.3) is 5.91 Å². The van der Waals surface area contributed by atoms with Crippen molar-refractivity contribution in [2.24, 2.45) is 0 Å². The van der Waals surface area contributed by atoms with Gasteiger partial charge in [-0.25, -0.2) is 0 Å². The fraction of sp³-hybridized carbons (Fsp3) is 0.158. The van der Waals surface area contributed by atoms with E-state index in [1.54, 1.807) is 11.8 Å². The maximum atomic E-state index is 11.9. The van der Waals surface area contributed by atoms with E-state index in [9.17, 15) is 10.0 Å². The first kappa shape index (κ1) is 16.3. The van der Waals surface area contributed by atoms with Crippen molar-refractivity contribution in [3.05, 3.63) is 83.3 Å². The highest BCUT2D eigenvalue weighted by molar-refractivity contribution is 7.98. The van der Waals surface area contributed by atoms with Crippen LogP contribution in [0.5, 0.6) is 0 Å². The quantitative estimate of drug-likeness (QED) is 0.427. The van der Waals surface area contributed by atoms with E-state index in [2.05, 4.69) is 41.7 Å². The monoisotopic (exact) mass is 338 g/mol. The number of carbonyl (C=O) groups excluding carboxylic acids is 1. The molecule has 4 nitrogen and oxygen atoms in total. The standard InChI is InChI=1S/C19H18N2O2S/c22-19(16-8-11-21(23)12-9-16)20-10-13-24-14-17-6-3-5-15-4-1-2-7-18(15)17/h1-9,11-12H,10,13-14H2,(H,20,22). The number of rotatable bonds is 6. The van der Waals surface area contributed by atoms with E-state index in [0.29, 0.717) is 16.8 Å². The minimum atomic E-state index is -0.152. The molecule has 0 saturated heterocycles. The number of carbonyl (C=O) groups is 1. The molecule has 5 heteroatoms. The molecular formula is C19H18N2O2S. The number of thioether (sulfide) groups is 1. The lowest BCUT2D eigenvalue weighted by Gasteiger charge is -2.07. The second-order valence-electron chi connectivity index (χ2n) is 5.39. The van der Waals surface area contributed by atoms with Crippen molar-refractivity contribution in [1.29, 1.82) is 0 Å². The molecule has 0 unspecified atom stereocenters. The van der Waals surface area contributed by atoms with Crippen LogP contribution in [0.4, 0.5) is 0 Å². The Morgan fingerprint density at radius 3 is 2.62 bits per heavy atom. The predicted molar refractivity (Wildman–Crippen MR) is 97.8 cm³/mol. The number of hydrogen-bond donors (Lipinski definition) is 1. The van der Waals surface area contributed by atoms with E-state index in [-0.39, 0.29) is 5.91 Å². The molecule has 0 atom stereocenters. The molecule has 122 valence electrons. The maximum absolute atomic E-state index is 11.9. The fourth-order valence-electron chi connectivity index (χ4n) is 2.50. The Labute approximate surface area is 145 Å². The normalized spacial score (nSPS) is 10.7. The third kappa shape index (κ3) is 4.06. The van der Waals surface area contributed by atoms with Gasteiger partial charge in [0.15, 0.2) is 12.4 Å². The third-order valence-electron chi connectivity index (χ3n) is 3.73. The molecule has 2 aromatic carbocycles. The van der Waals surface area contributed by atoms with E-state index in [0.717, 1.165) is 11.5 Å². The van der Waals surface area contributed by atoms with Gasteiger partial charge in [-0.15, -0.1) is 0 Å². The Morgan fingerprint density at radius 1 is 1.04 bits per heavy atom. The first-order chi connectivity index (χ1) is 11.7. The first-order valence-electron chi connectivity index (χ1n) is 7.75. The summed E-state index contributed by atoms with van der Waals surface area (Å²) >= 11 is 1.79. The molecule has 1 aromatic heterocycles. The second kappa shape index (κ2) is 7.84. The van der Waals surface area contributed by atoms with Gasteiger partial charge in [0.2, 0.25) is 0 Å². The topological polar surface area (TPSA) is 56.0 Å². The number of aromatic nitrogens is 1. The van der Waals surface area contributed by atoms with Crippen molar-refractivity contribution in [3.63, 3.8) is 0 Å². The highest BCUT2D eigenvalue weighted by Crippen LogP contribution is 2.22. The van der Waals surface area contributed by atoms with Crippen LogP contribution < -0.4 is 10.0 Å². The van der Waals surface area contributed by atoms with Crippen LogP contribution in [0.25, 0.3) is 10.8 Å². The summed E-state index contributed by atoms with van der Waals surface area (Å²) in [5.41, 5.74) is 1.81. The van der Waals surface area contributed by atoms with E-state index in [1.807, 2.05) is 6.07 Å². The molecule has 0 bridgehead atoms. The molecular weight excluding hydrogens is 320 g/mol. The summed E-state index contributed by atoms with van der Waals surface area (Å²) in [7, 11) is 0. The summed E-state index contributed by atoms with van der Waals surface area (Å²) < 4.78 is 0.664. The summed E-state index contributed by atoms with van der Waals surface area (Å²) in [6, 6.07) is 17.8. The molecule has 1 N–H and O–H groups in total. The number of nitrogens with one attached hydrogen (secondary N) is 1. The Balaban J connectivity index is 1.47. The molecule has 0 radical (unpaired) electrons. The summed E-state index contributed by atoms with van der Waals surface area (Å²) in [4.78, 5) is 11.9. The van der Waals surface area contributed by atoms with E-state index in [4.69, 9.17) is 0 Å². The van der Waals surface area contributed by atoms with E-state index >= 15 is 0 Å². The number of fused-ring (bicyclic) bond motifs is 1. The number of nitrogens with zero attached hydrogens (tertiary/aromatic N) is 1. The van der Waals surface area contributed by atoms with Gasteiger partial charge in [0.1, 0.15) is 0 Å². The lowest BCUT2D eigenvalue weighted by atomic mass is 10.1. The number of pyridine rings is 1. The molecule has 0 aliphatic carbocycles. The molecule has 24 heavy (non-hydrogen) atoms. The van der Waals surface area contributed by atoms with Gasteiger partial charge in [0, 0.05) is 30.2 Å². The van der Waals surface area contributed by atoms with E-state index < -0.39 is 0 Å². The lowest BCUT2D eigenvalue weighted by molar-refractivity contribution is -0.605. The van der Waals surface area contributed by atoms with Gasteiger partial charge in [-0.05, 0) is 16.3 Å². The van der Waals surface area contributed by atoms with Crippen molar-refractivity contribution in [3.8, 4) is 0 Å². The highest BCUT2D eigenvalue weighted by Gasteiger charge is 2.06. The van der Waals surface area contributed by atoms with Gasteiger partial charge in [-0.1, -0.05) is 42.5 Å². The number of benzene rings is 2. The Kier molecular flexibility index (Phi) is 5.33. The molecule has 1 heterocycles. The predicted octanol–water partition coefficient (Wildman–Crippen LogP) is 3.14. The molecule has 3 aromatic rings. The summed E-state index contributed by atoms with van der Waals surface area (Å²) in [5, 5.41) is 16.4. The van der Waals surface area contributed by atoms with Crippen LogP contribution in [0.3, 0.4) is 0 Å². The SMILES string of the molecule is O=C(NCCSCc1cccc2ccccc12)c1cc[n+]([O-])cc1. The molecule has 0 spiro atoms. The molecule has 0 aliphatic rings. The molecule has 1 amide bonds. The molecule has 0 saturated carbocycles. The van der Waals surface area contributed by atoms with Crippen molar-refractivity contribution in [2.45, 2.75) is 5.75 Å². The average molecular weight is 338 g/mol. The Bertz CT molecular complexity index is 829. The Hall–Kier alpha value is -2.53. The smallest absolute Gasteiger partial charge is 0.251 e. The van der Waals surface area contributed by atoms with Gasteiger partial charge in [0.05, 0.1) is 5.56 Å². The number of amides is 1. The van der Waals surface area contributed by atoms with Crippen molar-refractivity contribution in [2.75, 3.05) is 12.3 Å². The lowest BCUT2D eigenvalue weighted by Crippen LogP contribution is -2.28. The average Bonchev–Trinajstić information content (AvgIpc) is 2.62. The van der Waals surface area contributed by atoms with Gasteiger partial charge in [-0.3, -0.25) is 4.79 Å². The summed E-state index contributed by atoms with van der Waals surface area (Å²) in [6.07, 6.45) is 2.65. The van der Waals surface area contributed by atoms with Crippen molar-refractivity contribution < 1.29 is 9.52 Å². The molecule has 3 rings (SSSR count). The fourth-order valence-corrected chi connectivity index (χ4v) is 3.37. The van der Waals surface area contributed by atoms with Crippen LogP contribution in [0.15, 0.2) is 67.0 Å². The highest BCUT2D eigenvalue weighted by atomic mass is 32.2. The minimum Gasteiger partial charge on any atom is -0.619 e. The van der Waals surface area contributed by atoms with Crippen LogP contribution in [0.1, 0.15) is 15.9 Å². The van der Waals surface area contributed by atoms with Crippen LogP contribution in [0.2, 0.25) is 0 Å². The third-order valence-corrected chi connectivity index (χ3v) is 4.74. The first-order valence-corrected chi connectivity index (χ1v) is 8.91. The van der Waals surface area contributed by atoms with Crippen LogP contribution in [-0.4, -0.2) is 18.2 Å². The zero-order valence-electron chi connectivity index (χ0n) is 13.1. The maximum Gasteiger partial charge on any atom is 0.251 e. The minimum absolute atomic E-state index is 0.152. The summed E-state index contributed by atoms with van der Waals surface area (Å²) in [5.74, 6) is 1.60. The largest absolute Gasteiger partial charge is 0.619 e. The van der Waals surface area contributed by atoms with E-state index in [1.165, 1.54) is 40.9 Å². The van der Waals surface area contributed by atoms with Gasteiger partial charge >= 0.3 is 0 Å². The van der Waals surface area contributed by atoms with Crippen molar-refractivity contribution >= 4 is 28.4 Å². The van der Waals surface area contributed by atoms with Crippen LogP contribution >= 0.6 is 11.8 Å². The van der Waals surface area contributed by atoms with Gasteiger partial charge in [-0.2, -0.15) is 16.5 Å². The molecule has 0 aliphatic heterocycles. The summed E-state index contributed by atoms with van der Waals surface area (Å²) in [6.45, 7) is 0.598. The zero-order valence-corrected chi connectivity index (χ0v) is 14.0. The van der Waals surface area contributed by atoms with Gasteiger partial charge < -0.3 is 10.5 Å². The van der Waals surface area contributed by atoms with Crippen LogP contribution in [-0.2, 0) is 5.75 Å². The van der Waals surface area contributed by atoms with Crippen molar-refractivity contribution in [1.82, 2.24) is 5.32 Å². The van der Waals surface area contributed by atoms with Crippen LogP contribution in [0, 0.1) is 5.21 Å². The second-order valence-corrected chi connectivity index (χ2v) is 6.50.